The van der Waals surface area contributed by atoms with Crippen molar-refractivity contribution in [2.75, 3.05) is 0 Å². The van der Waals surface area contributed by atoms with Gasteiger partial charge in [0.2, 0.25) is 5.88 Å². The molecule has 2 aromatic rings. The zero-order valence-corrected chi connectivity index (χ0v) is 9.41. The molecule has 0 fully saturated rings. The molecule has 0 unspecified atom stereocenters. The van der Waals surface area contributed by atoms with E-state index in [2.05, 4.69) is 25.9 Å². The molecular formula is C10H5BrF2N2O. The van der Waals surface area contributed by atoms with E-state index in [9.17, 15) is 8.78 Å². The van der Waals surface area contributed by atoms with E-state index >= 15 is 0 Å². The number of aromatic nitrogens is 2. The van der Waals surface area contributed by atoms with E-state index in [4.69, 9.17) is 4.74 Å². The molecule has 6 heteroatoms. The van der Waals surface area contributed by atoms with Crippen molar-refractivity contribution in [3.63, 3.8) is 0 Å². The van der Waals surface area contributed by atoms with Crippen LogP contribution in [0.1, 0.15) is 0 Å². The molecule has 0 saturated carbocycles. The fraction of sp³-hybridized carbons (Fsp3) is 0. The molecule has 0 atom stereocenters. The second-order valence-corrected chi connectivity index (χ2v) is 3.67. The summed E-state index contributed by atoms with van der Waals surface area (Å²) >= 11 is 3.14. The van der Waals surface area contributed by atoms with Gasteiger partial charge in [0.15, 0.2) is 11.6 Å². The van der Waals surface area contributed by atoms with Crippen LogP contribution < -0.4 is 4.74 Å². The van der Waals surface area contributed by atoms with Gasteiger partial charge < -0.3 is 4.74 Å². The van der Waals surface area contributed by atoms with Crippen LogP contribution in [0.4, 0.5) is 8.78 Å². The predicted molar refractivity (Wildman–Crippen MR) is 56.2 cm³/mol. The molecule has 1 aromatic heterocycles. The number of hydrogen-bond acceptors (Lipinski definition) is 3. The number of benzene rings is 1. The number of nitrogens with zero attached hydrogens (tertiary/aromatic N) is 2. The topological polar surface area (TPSA) is 35.0 Å². The van der Waals surface area contributed by atoms with Crippen LogP contribution in [0.15, 0.2) is 35.2 Å². The molecule has 0 spiro atoms. The second kappa shape index (κ2) is 4.52. The second-order valence-electron chi connectivity index (χ2n) is 2.86. The van der Waals surface area contributed by atoms with Gasteiger partial charge in [-0.15, -0.1) is 0 Å². The summed E-state index contributed by atoms with van der Waals surface area (Å²) in [5.74, 6) is -1.47. The lowest BCUT2D eigenvalue weighted by Gasteiger charge is -2.04. The highest BCUT2D eigenvalue weighted by Gasteiger charge is 2.05. The molecule has 0 aliphatic rings. The van der Waals surface area contributed by atoms with Crippen LogP contribution in [-0.2, 0) is 0 Å². The molecule has 3 nitrogen and oxygen atoms in total. The van der Waals surface area contributed by atoms with Crippen molar-refractivity contribution < 1.29 is 13.5 Å². The van der Waals surface area contributed by atoms with Gasteiger partial charge in [0.25, 0.3) is 0 Å². The lowest BCUT2D eigenvalue weighted by Crippen LogP contribution is -1.91. The van der Waals surface area contributed by atoms with E-state index in [-0.39, 0.29) is 11.6 Å². The van der Waals surface area contributed by atoms with Crippen LogP contribution in [0.5, 0.6) is 11.6 Å². The Morgan fingerprint density at radius 3 is 2.56 bits per heavy atom. The molecule has 2 rings (SSSR count). The van der Waals surface area contributed by atoms with Gasteiger partial charge >= 0.3 is 0 Å². The zero-order chi connectivity index (χ0) is 11.5. The van der Waals surface area contributed by atoms with E-state index in [1.54, 1.807) is 0 Å². The molecule has 0 aliphatic heterocycles. The van der Waals surface area contributed by atoms with E-state index in [1.807, 2.05) is 0 Å². The lowest BCUT2D eigenvalue weighted by molar-refractivity contribution is 0.446. The first-order valence-corrected chi connectivity index (χ1v) is 5.05. The third-order valence-corrected chi connectivity index (χ3v) is 2.16. The highest BCUT2D eigenvalue weighted by Crippen LogP contribution is 2.22. The van der Waals surface area contributed by atoms with Crippen molar-refractivity contribution in [1.82, 2.24) is 9.97 Å². The molecule has 0 saturated heterocycles. The van der Waals surface area contributed by atoms with E-state index in [1.165, 1.54) is 18.5 Å². The third-order valence-electron chi connectivity index (χ3n) is 1.72. The van der Waals surface area contributed by atoms with Crippen LogP contribution >= 0.6 is 15.9 Å². The van der Waals surface area contributed by atoms with Gasteiger partial charge in [-0.05, 0) is 28.1 Å². The first-order chi connectivity index (χ1) is 7.65. The average Bonchev–Trinajstić information content (AvgIpc) is 2.24. The summed E-state index contributed by atoms with van der Waals surface area (Å²) in [6.07, 6.45) is 1.29. The number of rotatable bonds is 2. The van der Waals surface area contributed by atoms with E-state index < -0.39 is 11.6 Å². The summed E-state index contributed by atoms with van der Waals surface area (Å²) in [5, 5.41) is 0. The Balaban J connectivity index is 2.24. The summed E-state index contributed by atoms with van der Waals surface area (Å²) in [5.41, 5.74) is 0. The summed E-state index contributed by atoms with van der Waals surface area (Å²) in [6.45, 7) is 0. The molecule has 0 aliphatic carbocycles. The molecule has 0 radical (unpaired) electrons. The Kier molecular flexibility index (Phi) is 3.09. The molecule has 82 valence electrons. The summed E-state index contributed by atoms with van der Waals surface area (Å²) in [7, 11) is 0. The van der Waals surface area contributed by atoms with Crippen LogP contribution in [0.2, 0.25) is 0 Å². The van der Waals surface area contributed by atoms with Crippen LogP contribution in [0, 0.1) is 11.6 Å². The minimum Gasteiger partial charge on any atom is -0.439 e. The molecule has 0 bridgehead atoms. The highest BCUT2D eigenvalue weighted by molar-refractivity contribution is 9.10. The summed E-state index contributed by atoms with van der Waals surface area (Å²) < 4.78 is 31.3. The van der Waals surface area contributed by atoms with Crippen molar-refractivity contribution in [2.24, 2.45) is 0 Å². The van der Waals surface area contributed by atoms with E-state index in [0.29, 0.717) is 4.60 Å². The van der Waals surface area contributed by atoms with Gasteiger partial charge in [0, 0.05) is 12.1 Å². The molecule has 1 heterocycles. The standard InChI is InChI=1S/C10H5BrF2N2O/c11-9-4-10(15-5-14-9)16-6-1-2-7(12)8(13)3-6/h1-5H. The minimum atomic E-state index is -0.967. The molecule has 16 heavy (non-hydrogen) atoms. The Bertz CT molecular complexity index is 522. The Morgan fingerprint density at radius 2 is 1.88 bits per heavy atom. The third kappa shape index (κ3) is 2.52. The van der Waals surface area contributed by atoms with E-state index in [0.717, 1.165) is 12.1 Å². The van der Waals surface area contributed by atoms with Gasteiger partial charge in [0.05, 0.1) is 0 Å². The van der Waals surface area contributed by atoms with Crippen molar-refractivity contribution >= 4 is 15.9 Å². The SMILES string of the molecule is Fc1ccc(Oc2cc(Br)ncn2)cc1F. The number of hydrogen-bond donors (Lipinski definition) is 0. The van der Waals surface area contributed by atoms with Gasteiger partial charge in [-0.25, -0.2) is 18.7 Å². The Labute approximate surface area is 98.2 Å². The monoisotopic (exact) mass is 286 g/mol. The smallest absolute Gasteiger partial charge is 0.223 e. The first-order valence-electron chi connectivity index (χ1n) is 4.25. The molecule has 1 aromatic carbocycles. The van der Waals surface area contributed by atoms with Gasteiger partial charge in [-0.3, -0.25) is 0 Å². The maximum absolute atomic E-state index is 12.9. The number of halogens is 3. The fourth-order valence-electron chi connectivity index (χ4n) is 1.03. The largest absolute Gasteiger partial charge is 0.439 e. The summed E-state index contributed by atoms with van der Waals surface area (Å²) in [6, 6.07) is 4.77. The lowest BCUT2D eigenvalue weighted by atomic mass is 10.3. The van der Waals surface area contributed by atoms with Crippen LogP contribution in [0.3, 0.4) is 0 Å². The average molecular weight is 287 g/mol. The molecule has 0 N–H and O–H groups in total. The molecular weight excluding hydrogens is 282 g/mol. The van der Waals surface area contributed by atoms with Gasteiger partial charge in [0.1, 0.15) is 16.7 Å². The van der Waals surface area contributed by atoms with Crippen LogP contribution in [0.25, 0.3) is 0 Å². The summed E-state index contributed by atoms with van der Waals surface area (Å²) in [4.78, 5) is 7.61. The highest BCUT2D eigenvalue weighted by atomic mass is 79.9. The first kappa shape index (κ1) is 10.9. The maximum atomic E-state index is 12.9. The van der Waals surface area contributed by atoms with Crippen molar-refractivity contribution in [3.05, 3.63) is 46.8 Å². The van der Waals surface area contributed by atoms with Crippen LogP contribution in [-0.4, -0.2) is 9.97 Å². The molecule has 0 amide bonds. The quantitative estimate of drug-likeness (QED) is 0.795. The normalized spacial score (nSPS) is 10.2. The van der Waals surface area contributed by atoms with Gasteiger partial charge in [-0.2, -0.15) is 0 Å². The zero-order valence-electron chi connectivity index (χ0n) is 7.82. The fourth-order valence-corrected chi connectivity index (χ4v) is 1.32. The Morgan fingerprint density at radius 1 is 1.06 bits per heavy atom. The van der Waals surface area contributed by atoms with Crippen molar-refractivity contribution in [2.45, 2.75) is 0 Å². The van der Waals surface area contributed by atoms with Crippen molar-refractivity contribution in [1.29, 1.82) is 0 Å². The Hall–Kier alpha value is -1.56. The predicted octanol–water partition coefficient (Wildman–Crippen LogP) is 3.31. The maximum Gasteiger partial charge on any atom is 0.223 e. The minimum absolute atomic E-state index is 0.171. The van der Waals surface area contributed by atoms with Gasteiger partial charge in [-0.1, -0.05) is 0 Å². The van der Waals surface area contributed by atoms with Crippen molar-refractivity contribution in [3.8, 4) is 11.6 Å². The number of ether oxygens (including phenoxy) is 1.